The van der Waals surface area contributed by atoms with Gasteiger partial charge in [0.2, 0.25) is 0 Å². The molecule has 2 heteroatoms. The van der Waals surface area contributed by atoms with Gasteiger partial charge in [0.05, 0.1) is 6.61 Å². The normalized spacial score (nSPS) is 27.6. The van der Waals surface area contributed by atoms with Crippen LogP contribution in [0.25, 0.3) is 0 Å². The second kappa shape index (κ2) is 2.51. The molecule has 1 saturated heterocycles. The first kappa shape index (κ1) is 8.02. The van der Waals surface area contributed by atoms with Gasteiger partial charge in [-0.2, -0.15) is 0 Å². The molecule has 10 heavy (non-hydrogen) atoms. The molecule has 1 fully saturated rings. The molecule has 0 bridgehead atoms. The molecule has 0 aromatic rings. The lowest BCUT2D eigenvalue weighted by Crippen LogP contribution is -2.57. The highest BCUT2D eigenvalue weighted by atomic mass is 16.3. The van der Waals surface area contributed by atoms with Crippen LogP contribution in [-0.4, -0.2) is 35.7 Å². The number of hydrogen-bond acceptors (Lipinski definition) is 2. The van der Waals surface area contributed by atoms with Crippen LogP contribution >= 0.6 is 0 Å². The fourth-order valence-corrected chi connectivity index (χ4v) is 1.48. The van der Waals surface area contributed by atoms with Gasteiger partial charge in [-0.05, 0) is 12.3 Å². The molecule has 0 radical (unpaired) electrons. The molecule has 0 aliphatic carbocycles. The second-order valence-electron chi connectivity index (χ2n) is 4.10. The fraction of sp³-hybridized carbons (Fsp3) is 1.00. The number of aliphatic hydroxyl groups is 1. The Balaban J connectivity index is 2.26. The molecule has 1 N–H and O–H groups in total. The molecule has 0 amide bonds. The van der Waals surface area contributed by atoms with Crippen LogP contribution in [0.2, 0.25) is 0 Å². The highest BCUT2D eigenvalue weighted by Crippen LogP contribution is 2.29. The average molecular weight is 143 g/mol. The Hall–Kier alpha value is -0.0800. The Morgan fingerprint density at radius 3 is 2.30 bits per heavy atom. The lowest BCUT2D eigenvalue weighted by molar-refractivity contribution is -0.0174. The first-order chi connectivity index (χ1) is 4.55. The zero-order valence-corrected chi connectivity index (χ0v) is 7.09. The van der Waals surface area contributed by atoms with Crippen LogP contribution in [0.1, 0.15) is 20.8 Å². The van der Waals surface area contributed by atoms with Crippen molar-refractivity contribution in [3.05, 3.63) is 0 Å². The maximum Gasteiger partial charge on any atom is 0.0584 e. The molecule has 0 spiro atoms. The Kier molecular flexibility index (Phi) is 2.02. The van der Waals surface area contributed by atoms with Gasteiger partial charge in [0.15, 0.2) is 0 Å². The summed E-state index contributed by atoms with van der Waals surface area (Å²) in [7, 11) is 0. The van der Waals surface area contributed by atoms with Gasteiger partial charge < -0.3 is 5.11 Å². The van der Waals surface area contributed by atoms with Gasteiger partial charge in [-0.25, -0.2) is 0 Å². The Morgan fingerprint density at radius 2 is 2.00 bits per heavy atom. The van der Waals surface area contributed by atoms with Crippen molar-refractivity contribution in [3.8, 4) is 0 Å². The summed E-state index contributed by atoms with van der Waals surface area (Å²) in [5.74, 6) is 0. The van der Waals surface area contributed by atoms with Gasteiger partial charge >= 0.3 is 0 Å². The summed E-state index contributed by atoms with van der Waals surface area (Å²) in [5, 5.41) is 8.80. The van der Waals surface area contributed by atoms with Crippen LogP contribution in [0.5, 0.6) is 0 Å². The third kappa shape index (κ3) is 1.50. The summed E-state index contributed by atoms with van der Waals surface area (Å²) in [5.41, 5.74) is 0.490. The predicted octanol–water partition coefficient (Wildman–Crippen LogP) is 0.709. The summed E-state index contributed by atoms with van der Waals surface area (Å²) in [4.78, 5) is 2.31. The minimum absolute atomic E-state index is 0.288. The molecule has 1 unspecified atom stereocenters. The molecule has 1 rings (SSSR count). The zero-order chi connectivity index (χ0) is 7.78. The largest absolute Gasteiger partial charge is 0.395 e. The molecule has 1 aliphatic rings. The molecule has 2 nitrogen and oxygen atoms in total. The van der Waals surface area contributed by atoms with E-state index >= 15 is 0 Å². The van der Waals surface area contributed by atoms with Gasteiger partial charge in [-0.1, -0.05) is 13.8 Å². The summed E-state index contributed by atoms with van der Waals surface area (Å²) < 4.78 is 0. The number of rotatable bonds is 2. The minimum Gasteiger partial charge on any atom is -0.395 e. The first-order valence-corrected chi connectivity index (χ1v) is 3.90. The number of likely N-dealkylation sites (tertiary alicyclic amines) is 1. The third-order valence-electron chi connectivity index (χ3n) is 2.15. The van der Waals surface area contributed by atoms with Gasteiger partial charge in [0.1, 0.15) is 0 Å². The summed E-state index contributed by atoms with van der Waals surface area (Å²) >= 11 is 0. The lowest BCUT2D eigenvalue weighted by atomic mass is 9.83. The Bertz CT molecular complexity index is 114. The van der Waals surface area contributed by atoms with Crippen molar-refractivity contribution in [2.75, 3.05) is 19.7 Å². The summed E-state index contributed by atoms with van der Waals surface area (Å²) in [6.07, 6.45) is 0. The third-order valence-corrected chi connectivity index (χ3v) is 2.15. The summed E-state index contributed by atoms with van der Waals surface area (Å²) in [6, 6.07) is 0.355. The van der Waals surface area contributed by atoms with Crippen molar-refractivity contribution < 1.29 is 5.11 Å². The van der Waals surface area contributed by atoms with E-state index in [1.165, 1.54) is 0 Å². The monoisotopic (exact) mass is 143 g/mol. The lowest BCUT2D eigenvalue weighted by Gasteiger charge is -2.48. The van der Waals surface area contributed by atoms with E-state index < -0.39 is 0 Å². The molecule has 0 aromatic carbocycles. The Morgan fingerprint density at radius 1 is 1.50 bits per heavy atom. The quantitative estimate of drug-likeness (QED) is 0.615. The van der Waals surface area contributed by atoms with Gasteiger partial charge in [0.25, 0.3) is 0 Å². The molecular weight excluding hydrogens is 126 g/mol. The van der Waals surface area contributed by atoms with E-state index in [0.717, 1.165) is 13.1 Å². The van der Waals surface area contributed by atoms with Gasteiger partial charge in [-0.15, -0.1) is 0 Å². The molecule has 1 aliphatic heterocycles. The van der Waals surface area contributed by atoms with Crippen molar-refractivity contribution in [2.45, 2.75) is 26.8 Å². The maximum atomic E-state index is 8.80. The van der Waals surface area contributed by atoms with Gasteiger partial charge in [-0.3, -0.25) is 4.90 Å². The summed E-state index contributed by atoms with van der Waals surface area (Å²) in [6.45, 7) is 9.13. The van der Waals surface area contributed by atoms with E-state index in [1.807, 2.05) is 0 Å². The van der Waals surface area contributed by atoms with E-state index in [-0.39, 0.29) is 6.61 Å². The SMILES string of the molecule is CC(CO)N1CC(C)(C)C1. The minimum atomic E-state index is 0.288. The van der Waals surface area contributed by atoms with Gasteiger partial charge in [0, 0.05) is 19.1 Å². The van der Waals surface area contributed by atoms with Crippen molar-refractivity contribution in [1.29, 1.82) is 0 Å². The van der Waals surface area contributed by atoms with Crippen LogP contribution in [0.3, 0.4) is 0 Å². The van der Waals surface area contributed by atoms with Crippen LogP contribution in [-0.2, 0) is 0 Å². The van der Waals surface area contributed by atoms with E-state index in [0.29, 0.717) is 11.5 Å². The van der Waals surface area contributed by atoms with Crippen LogP contribution in [0.4, 0.5) is 0 Å². The first-order valence-electron chi connectivity index (χ1n) is 3.90. The van der Waals surface area contributed by atoms with E-state index in [1.54, 1.807) is 0 Å². The smallest absolute Gasteiger partial charge is 0.0584 e. The van der Waals surface area contributed by atoms with E-state index in [2.05, 4.69) is 25.7 Å². The Labute approximate surface area is 62.8 Å². The van der Waals surface area contributed by atoms with Crippen molar-refractivity contribution in [2.24, 2.45) is 5.41 Å². The highest BCUT2D eigenvalue weighted by Gasteiger charge is 2.36. The van der Waals surface area contributed by atoms with Crippen molar-refractivity contribution in [1.82, 2.24) is 4.90 Å². The number of hydrogen-bond donors (Lipinski definition) is 1. The predicted molar refractivity (Wildman–Crippen MR) is 41.9 cm³/mol. The average Bonchev–Trinajstić information content (AvgIpc) is 1.81. The van der Waals surface area contributed by atoms with Crippen LogP contribution in [0, 0.1) is 5.41 Å². The molecule has 1 heterocycles. The molecule has 60 valence electrons. The zero-order valence-electron chi connectivity index (χ0n) is 7.09. The fourth-order valence-electron chi connectivity index (χ4n) is 1.48. The number of nitrogens with zero attached hydrogens (tertiary/aromatic N) is 1. The topological polar surface area (TPSA) is 23.5 Å². The van der Waals surface area contributed by atoms with Crippen LogP contribution in [0.15, 0.2) is 0 Å². The molecule has 0 saturated carbocycles. The second-order valence-corrected chi connectivity index (χ2v) is 4.10. The van der Waals surface area contributed by atoms with E-state index in [4.69, 9.17) is 5.11 Å². The standard InChI is InChI=1S/C8H17NO/c1-7(4-10)9-5-8(2,3)6-9/h7,10H,4-6H2,1-3H3. The maximum absolute atomic E-state index is 8.80. The van der Waals surface area contributed by atoms with Crippen molar-refractivity contribution >= 4 is 0 Å². The van der Waals surface area contributed by atoms with Crippen LogP contribution < -0.4 is 0 Å². The number of aliphatic hydroxyl groups excluding tert-OH is 1. The highest BCUT2D eigenvalue weighted by molar-refractivity contribution is 4.89. The molecular formula is C8H17NO. The van der Waals surface area contributed by atoms with E-state index in [9.17, 15) is 0 Å². The van der Waals surface area contributed by atoms with Crippen molar-refractivity contribution in [3.63, 3.8) is 0 Å². The molecule has 1 atom stereocenters. The molecule has 0 aromatic heterocycles.